The second-order valence-electron chi connectivity index (χ2n) is 6.12. The molecule has 1 saturated carbocycles. The number of amides is 1. The Bertz CT molecular complexity index is 361. The summed E-state index contributed by atoms with van der Waals surface area (Å²) < 4.78 is 10.4. The smallest absolute Gasteiger partial charge is 0.306 e. The average Bonchev–Trinajstić information content (AvgIpc) is 2.59. The first-order valence-corrected chi connectivity index (χ1v) is 8.37. The summed E-state index contributed by atoms with van der Waals surface area (Å²) in [6, 6.07) is 0. The van der Waals surface area contributed by atoms with Crippen LogP contribution in [0.15, 0.2) is 0 Å². The Balaban J connectivity index is 1.61. The van der Waals surface area contributed by atoms with E-state index in [-0.39, 0.29) is 24.6 Å². The molecule has 126 valence electrons. The molecule has 2 aliphatic rings. The Morgan fingerprint density at radius 2 is 1.73 bits per heavy atom. The third-order valence-electron chi connectivity index (χ3n) is 4.58. The van der Waals surface area contributed by atoms with Crippen molar-refractivity contribution in [1.82, 2.24) is 9.80 Å². The molecule has 0 radical (unpaired) electrons. The molecule has 6 heteroatoms. The maximum atomic E-state index is 12.2. The minimum Gasteiger partial charge on any atom is -0.469 e. The average molecular weight is 312 g/mol. The highest BCUT2D eigenvalue weighted by Gasteiger charge is 2.23. The number of carbonyl (C=O) groups is 2. The number of piperazine rings is 1. The number of carbonyl (C=O) groups excluding carboxylic acids is 2. The molecule has 1 aliphatic heterocycles. The van der Waals surface area contributed by atoms with Crippen LogP contribution < -0.4 is 0 Å². The molecule has 1 saturated heterocycles. The monoisotopic (exact) mass is 312 g/mol. The van der Waals surface area contributed by atoms with Gasteiger partial charge >= 0.3 is 5.97 Å². The van der Waals surface area contributed by atoms with Gasteiger partial charge in [0.2, 0.25) is 5.91 Å². The summed E-state index contributed by atoms with van der Waals surface area (Å²) in [7, 11) is 1.41. The van der Waals surface area contributed by atoms with Gasteiger partial charge in [-0.2, -0.15) is 0 Å². The maximum absolute atomic E-state index is 12.2. The molecular weight excluding hydrogens is 284 g/mol. The molecule has 22 heavy (non-hydrogen) atoms. The second kappa shape index (κ2) is 9.10. The topological polar surface area (TPSA) is 59.1 Å². The van der Waals surface area contributed by atoms with E-state index >= 15 is 0 Å². The quantitative estimate of drug-likeness (QED) is 0.686. The summed E-state index contributed by atoms with van der Waals surface area (Å²) in [6.45, 7) is 3.97. The van der Waals surface area contributed by atoms with Crippen LogP contribution in [0.2, 0.25) is 0 Å². The molecule has 1 amide bonds. The highest BCUT2D eigenvalue weighted by atomic mass is 16.5. The van der Waals surface area contributed by atoms with Crippen LogP contribution in [0.1, 0.15) is 38.5 Å². The Morgan fingerprint density at radius 1 is 1.05 bits per heavy atom. The fourth-order valence-electron chi connectivity index (χ4n) is 3.08. The fourth-order valence-corrected chi connectivity index (χ4v) is 3.08. The largest absolute Gasteiger partial charge is 0.469 e. The van der Waals surface area contributed by atoms with Crippen molar-refractivity contribution in [3.8, 4) is 0 Å². The third kappa shape index (κ3) is 5.57. The zero-order valence-corrected chi connectivity index (χ0v) is 13.6. The van der Waals surface area contributed by atoms with Crippen molar-refractivity contribution in [2.24, 2.45) is 0 Å². The van der Waals surface area contributed by atoms with Gasteiger partial charge in [0, 0.05) is 32.7 Å². The first kappa shape index (κ1) is 17.2. The number of ether oxygens (including phenoxy) is 2. The molecule has 0 atom stereocenters. The molecule has 1 heterocycles. The lowest BCUT2D eigenvalue weighted by atomic mass is 9.98. The number of hydrogen-bond acceptors (Lipinski definition) is 5. The minimum absolute atomic E-state index is 0.0955. The van der Waals surface area contributed by atoms with Crippen LogP contribution >= 0.6 is 0 Å². The van der Waals surface area contributed by atoms with Crippen LogP contribution in [-0.4, -0.2) is 74.2 Å². The van der Waals surface area contributed by atoms with E-state index in [9.17, 15) is 9.59 Å². The Kier molecular flexibility index (Phi) is 7.12. The molecular formula is C16H28N2O4. The Hall–Kier alpha value is -1.14. The number of esters is 1. The first-order valence-electron chi connectivity index (χ1n) is 8.37. The summed E-state index contributed by atoms with van der Waals surface area (Å²) in [4.78, 5) is 27.4. The van der Waals surface area contributed by atoms with Gasteiger partial charge < -0.3 is 14.4 Å². The summed E-state index contributed by atoms with van der Waals surface area (Å²) in [5.41, 5.74) is 0. The number of methoxy groups -OCH3 is 1. The molecule has 0 bridgehead atoms. The molecule has 0 aromatic heterocycles. The Morgan fingerprint density at radius 3 is 2.36 bits per heavy atom. The lowest BCUT2D eigenvalue weighted by Gasteiger charge is -2.34. The molecule has 2 rings (SSSR count). The van der Waals surface area contributed by atoms with Gasteiger partial charge in [0.1, 0.15) is 6.61 Å². The molecule has 0 spiro atoms. The van der Waals surface area contributed by atoms with E-state index in [1.54, 1.807) is 0 Å². The predicted octanol–water partition coefficient (Wildman–Crippen LogP) is 1.04. The fraction of sp³-hybridized carbons (Fsp3) is 0.875. The molecule has 6 nitrogen and oxygen atoms in total. The predicted molar refractivity (Wildman–Crippen MR) is 82.5 cm³/mol. The van der Waals surface area contributed by atoms with Gasteiger partial charge in [-0.05, 0) is 12.8 Å². The lowest BCUT2D eigenvalue weighted by molar-refractivity contribution is -0.143. The molecule has 0 N–H and O–H groups in total. The van der Waals surface area contributed by atoms with Gasteiger partial charge in [0.25, 0.3) is 0 Å². The van der Waals surface area contributed by atoms with E-state index in [1.807, 2.05) is 4.90 Å². The van der Waals surface area contributed by atoms with Gasteiger partial charge in [0.05, 0.1) is 19.6 Å². The van der Waals surface area contributed by atoms with Crippen molar-refractivity contribution in [3.63, 3.8) is 0 Å². The van der Waals surface area contributed by atoms with Crippen molar-refractivity contribution < 1.29 is 19.1 Å². The Labute approximate surface area is 132 Å². The molecule has 0 aromatic carbocycles. The van der Waals surface area contributed by atoms with Crippen molar-refractivity contribution in [2.75, 3.05) is 46.4 Å². The number of rotatable bonds is 6. The zero-order chi connectivity index (χ0) is 15.8. The highest BCUT2D eigenvalue weighted by Crippen LogP contribution is 2.20. The zero-order valence-electron chi connectivity index (χ0n) is 13.6. The number of nitrogens with zero attached hydrogens (tertiary/aromatic N) is 2. The van der Waals surface area contributed by atoms with Crippen LogP contribution in [0, 0.1) is 0 Å². The summed E-state index contributed by atoms with van der Waals surface area (Å²) in [6.07, 6.45) is 6.61. The molecule has 2 fully saturated rings. The minimum atomic E-state index is -0.181. The first-order chi connectivity index (χ1) is 10.7. The van der Waals surface area contributed by atoms with E-state index in [0.29, 0.717) is 26.1 Å². The number of hydrogen-bond donors (Lipinski definition) is 0. The van der Waals surface area contributed by atoms with E-state index in [1.165, 1.54) is 26.4 Å². The van der Waals surface area contributed by atoms with Crippen LogP contribution in [0.25, 0.3) is 0 Å². The highest BCUT2D eigenvalue weighted by molar-refractivity contribution is 5.77. The van der Waals surface area contributed by atoms with Gasteiger partial charge in [-0.15, -0.1) is 0 Å². The van der Waals surface area contributed by atoms with Gasteiger partial charge in [-0.1, -0.05) is 19.3 Å². The van der Waals surface area contributed by atoms with Crippen LogP contribution in [0.4, 0.5) is 0 Å². The normalized spacial score (nSPS) is 20.9. The summed E-state index contributed by atoms with van der Waals surface area (Å²) in [5.74, 6) is -0.0856. The van der Waals surface area contributed by atoms with E-state index < -0.39 is 0 Å². The second-order valence-corrected chi connectivity index (χ2v) is 6.12. The molecule has 0 aromatic rings. The lowest BCUT2D eigenvalue weighted by Crippen LogP contribution is -2.50. The maximum Gasteiger partial charge on any atom is 0.306 e. The third-order valence-corrected chi connectivity index (χ3v) is 4.58. The van der Waals surface area contributed by atoms with E-state index in [4.69, 9.17) is 4.74 Å². The van der Waals surface area contributed by atoms with Crippen LogP contribution in [-0.2, 0) is 19.1 Å². The van der Waals surface area contributed by atoms with E-state index in [2.05, 4.69) is 9.64 Å². The standard InChI is InChI=1S/C16H28N2O4/c1-21-16(20)7-8-17-9-11-18(12-10-17)15(19)13-22-14-5-3-2-4-6-14/h14H,2-13H2,1H3. The van der Waals surface area contributed by atoms with Crippen molar-refractivity contribution in [1.29, 1.82) is 0 Å². The van der Waals surface area contributed by atoms with Crippen molar-refractivity contribution in [3.05, 3.63) is 0 Å². The van der Waals surface area contributed by atoms with Gasteiger partial charge in [0.15, 0.2) is 0 Å². The molecule has 1 aliphatic carbocycles. The van der Waals surface area contributed by atoms with Gasteiger partial charge in [-0.25, -0.2) is 0 Å². The van der Waals surface area contributed by atoms with E-state index in [0.717, 1.165) is 25.9 Å². The summed E-state index contributed by atoms with van der Waals surface area (Å²) in [5, 5.41) is 0. The van der Waals surface area contributed by atoms with Crippen LogP contribution in [0.3, 0.4) is 0 Å². The summed E-state index contributed by atoms with van der Waals surface area (Å²) >= 11 is 0. The van der Waals surface area contributed by atoms with Crippen molar-refractivity contribution >= 4 is 11.9 Å². The SMILES string of the molecule is COC(=O)CCN1CCN(C(=O)COC2CCCCC2)CC1. The van der Waals surface area contributed by atoms with Crippen molar-refractivity contribution in [2.45, 2.75) is 44.6 Å². The van der Waals surface area contributed by atoms with Gasteiger partial charge in [-0.3, -0.25) is 14.5 Å². The van der Waals surface area contributed by atoms with Crippen LogP contribution in [0.5, 0.6) is 0 Å². The molecule has 0 unspecified atom stereocenters.